The molecule has 0 radical (unpaired) electrons. The standard InChI is InChI=1S/C48H75IO8Si2/c1-10-53-42-33-47(34-54-42)32-36(50)31-41-39(26-28-51-35-52-29-30-58(7,8)9)40(43(49)48(47)44(41)56-46(5,6)57-48)25-19-11-12-20-27-55-59(45(2,3)4,37-21-15-13-16-22-37)38-23-17-14-18-24-38/h13-18,21-24,39-44H,10-12,19-20,25-35H2,1-9H3/t39-,40-,41+,42?,43-,44-,47-,48+/m1/s1. The van der Waals surface area contributed by atoms with Crippen molar-refractivity contribution >= 4 is 55.1 Å². The molecular weight excluding hydrogens is 888 g/mol. The van der Waals surface area contributed by atoms with Crippen molar-refractivity contribution in [3.63, 3.8) is 0 Å². The van der Waals surface area contributed by atoms with E-state index in [1.165, 1.54) is 10.4 Å². The van der Waals surface area contributed by atoms with Crippen LogP contribution in [-0.2, 0) is 37.6 Å². The maximum absolute atomic E-state index is 14.1. The maximum Gasteiger partial charge on any atom is 0.261 e. The molecule has 330 valence electrons. The Morgan fingerprint density at radius 3 is 2.12 bits per heavy atom. The Balaban J connectivity index is 1.17. The smallest absolute Gasteiger partial charge is 0.261 e. The highest BCUT2D eigenvalue weighted by Gasteiger charge is 2.76. The molecule has 0 aromatic heterocycles. The summed E-state index contributed by atoms with van der Waals surface area (Å²) in [4.78, 5) is 14.1. The summed E-state index contributed by atoms with van der Waals surface area (Å²) < 4.78 is 46.2. The van der Waals surface area contributed by atoms with E-state index < -0.39 is 33.2 Å². The van der Waals surface area contributed by atoms with Crippen molar-refractivity contribution in [3.8, 4) is 0 Å². The molecule has 4 aliphatic rings. The lowest BCUT2D eigenvalue weighted by molar-refractivity contribution is -0.197. The zero-order chi connectivity index (χ0) is 42.5. The molecule has 2 bridgehead atoms. The number of hydrogen-bond acceptors (Lipinski definition) is 8. The first-order valence-corrected chi connectivity index (χ1v) is 29.5. The van der Waals surface area contributed by atoms with Crippen molar-refractivity contribution in [3.05, 3.63) is 60.7 Å². The first-order chi connectivity index (χ1) is 28.0. The lowest BCUT2D eigenvalue weighted by Crippen LogP contribution is -2.68. The van der Waals surface area contributed by atoms with E-state index >= 15 is 0 Å². The van der Waals surface area contributed by atoms with Crippen molar-refractivity contribution in [1.29, 1.82) is 0 Å². The third-order valence-electron chi connectivity index (χ3n) is 13.7. The van der Waals surface area contributed by atoms with Crippen molar-refractivity contribution in [2.45, 2.75) is 158 Å². The number of rotatable bonds is 20. The molecule has 8 atom stereocenters. The minimum Gasteiger partial charge on any atom is -0.407 e. The molecule has 59 heavy (non-hydrogen) atoms. The average molecular weight is 963 g/mol. The van der Waals surface area contributed by atoms with Crippen molar-refractivity contribution in [2.75, 3.05) is 39.8 Å². The molecule has 11 heteroatoms. The van der Waals surface area contributed by atoms with Gasteiger partial charge in [-0.2, -0.15) is 0 Å². The number of Topliss-reactive ketones (excluding diaryl/α,β-unsaturated/α-hetero) is 1. The highest BCUT2D eigenvalue weighted by atomic mass is 127. The van der Waals surface area contributed by atoms with Gasteiger partial charge in [-0.25, -0.2) is 0 Å². The molecule has 2 saturated heterocycles. The highest BCUT2D eigenvalue weighted by molar-refractivity contribution is 14.1. The number of halogens is 1. The first kappa shape index (κ1) is 47.5. The van der Waals surface area contributed by atoms with E-state index in [4.69, 9.17) is 32.8 Å². The third-order valence-corrected chi connectivity index (χ3v) is 22.3. The normalized spacial score (nSPS) is 30.8. The van der Waals surface area contributed by atoms with Crippen LogP contribution in [0.15, 0.2) is 60.7 Å². The molecule has 2 aliphatic heterocycles. The van der Waals surface area contributed by atoms with Gasteiger partial charge in [0, 0.05) is 63.1 Å². The summed E-state index contributed by atoms with van der Waals surface area (Å²) in [5.41, 5.74) is -1.17. The van der Waals surface area contributed by atoms with Crippen LogP contribution in [-0.4, -0.2) is 89.7 Å². The second-order valence-corrected chi connectivity index (χ2v) is 31.8. The number of hydrogen-bond donors (Lipinski definition) is 0. The molecule has 2 aromatic carbocycles. The Morgan fingerprint density at radius 2 is 1.49 bits per heavy atom. The van der Waals surface area contributed by atoms with Gasteiger partial charge >= 0.3 is 0 Å². The van der Waals surface area contributed by atoms with Gasteiger partial charge in [-0.05, 0) is 79.2 Å². The van der Waals surface area contributed by atoms with Crippen molar-refractivity contribution < 1.29 is 37.6 Å². The first-order valence-electron chi connectivity index (χ1n) is 22.7. The second-order valence-electron chi connectivity index (χ2n) is 20.6. The zero-order valence-electron chi connectivity index (χ0n) is 37.7. The molecule has 1 unspecified atom stereocenters. The third kappa shape index (κ3) is 10.4. The molecule has 2 saturated carbocycles. The van der Waals surface area contributed by atoms with Crippen molar-refractivity contribution in [1.82, 2.24) is 0 Å². The van der Waals surface area contributed by atoms with E-state index in [1.807, 2.05) is 6.92 Å². The van der Waals surface area contributed by atoms with E-state index in [2.05, 4.69) is 138 Å². The number of carbonyl (C=O) groups excluding carboxylic acids is 1. The van der Waals surface area contributed by atoms with Crippen LogP contribution in [0.25, 0.3) is 0 Å². The molecule has 2 aliphatic carbocycles. The SMILES string of the molecule is CCOC1C[C@@]2(CO1)CC(=O)C[C@H]1[C@H](CCOCOCC[Si](C)(C)C)[C@@H](CCCCCCO[Si](c3ccccc3)(c3ccccc3)C(C)(C)C)[C@@H](I)[C@@]23OC(C)(C)O[C@H]13. The molecule has 0 N–H and O–H groups in total. The molecule has 1 spiro atoms. The quantitative estimate of drug-likeness (QED) is 0.0427. The second kappa shape index (κ2) is 19.8. The van der Waals surface area contributed by atoms with Gasteiger partial charge in [-0.15, -0.1) is 0 Å². The molecule has 8 nitrogen and oxygen atoms in total. The molecular formula is C48H75IO8Si2. The minimum absolute atomic E-state index is 0.0365. The zero-order valence-corrected chi connectivity index (χ0v) is 41.9. The number of ketones is 1. The van der Waals surface area contributed by atoms with Gasteiger partial charge in [0.25, 0.3) is 8.32 Å². The van der Waals surface area contributed by atoms with Crippen LogP contribution < -0.4 is 10.4 Å². The Bertz CT molecular complexity index is 1590. The van der Waals surface area contributed by atoms with Gasteiger partial charge in [-0.3, -0.25) is 4.79 Å². The number of unbranched alkanes of at least 4 members (excludes halogenated alkanes) is 3. The van der Waals surface area contributed by atoms with Crippen LogP contribution in [0.4, 0.5) is 0 Å². The number of ether oxygens (including phenoxy) is 6. The van der Waals surface area contributed by atoms with E-state index in [1.54, 1.807) is 0 Å². The monoisotopic (exact) mass is 962 g/mol. The van der Waals surface area contributed by atoms with Gasteiger partial charge in [0.1, 0.15) is 18.2 Å². The lowest BCUT2D eigenvalue weighted by Gasteiger charge is -2.57. The van der Waals surface area contributed by atoms with Gasteiger partial charge in [0.15, 0.2) is 12.1 Å². The van der Waals surface area contributed by atoms with Crippen LogP contribution in [0, 0.1) is 23.2 Å². The van der Waals surface area contributed by atoms with Crippen LogP contribution in [0.3, 0.4) is 0 Å². The summed E-state index contributed by atoms with van der Waals surface area (Å²) in [6.45, 7) is 23.7. The molecule has 6 rings (SSSR count). The number of alkyl halides is 1. The van der Waals surface area contributed by atoms with E-state index in [0.717, 1.165) is 57.8 Å². The van der Waals surface area contributed by atoms with Gasteiger partial charge in [0.05, 0.1) is 12.7 Å². The average Bonchev–Trinajstić information content (AvgIpc) is 3.71. The van der Waals surface area contributed by atoms with E-state index in [-0.39, 0.29) is 33.2 Å². The predicted octanol–water partition coefficient (Wildman–Crippen LogP) is 9.92. The van der Waals surface area contributed by atoms with Gasteiger partial charge in [-0.1, -0.05) is 143 Å². The fourth-order valence-corrected chi connectivity index (χ4v) is 18.6. The Hall–Kier alpha value is -1.01. The predicted molar refractivity (Wildman–Crippen MR) is 250 cm³/mol. The largest absolute Gasteiger partial charge is 0.407 e. The summed E-state index contributed by atoms with van der Waals surface area (Å²) in [5, 5.41) is 2.62. The molecule has 2 heterocycles. The van der Waals surface area contributed by atoms with Crippen LogP contribution >= 0.6 is 22.6 Å². The Labute approximate surface area is 372 Å². The summed E-state index contributed by atoms with van der Waals surface area (Å²) in [7, 11) is -3.74. The summed E-state index contributed by atoms with van der Waals surface area (Å²) in [6.07, 6.45) is 7.34. The van der Waals surface area contributed by atoms with E-state index in [9.17, 15) is 4.79 Å². The molecule has 2 aromatic rings. The number of carbonyl (C=O) groups is 1. The van der Waals surface area contributed by atoms with Crippen molar-refractivity contribution in [2.24, 2.45) is 23.2 Å². The summed E-state index contributed by atoms with van der Waals surface area (Å²) in [5.74, 6) is 0.154. The molecule has 4 fully saturated rings. The highest BCUT2D eigenvalue weighted by Crippen LogP contribution is 2.67. The van der Waals surface area contributed by atoms with Gasteiger partial charge < -0.3 is 32.8 Å². The van der Waals surface area contributed by atoms with Crippen LogP contribution in [0.2, 0.25) is 30.7 Å². The molecule has 0 amide bonds. The summed E-state index contributed by atoms with van der Waals surface area (Å²) >= 11 is 2.72. The topological polar surface area (TPSA) is 81.7 Å². The Morgan fingerprint density at radius 1 is 0.847 bits per heavy atom. The summed E-state index contributed by atoms with van der Waals surface area (Å²) in [6, 6.07) is 23.0. The van der Waals surface area contributed by atoms with Gasteiger partial charge in [0.2, 0.25) is 0 Å². The van der Waals surface area contributed by atoms with Crippen LogP contribution in [0.5, 0.6) is 0 Å². The Kier molecular flexibility index (Phi) is 15.9. The maximum atomic E-state index is 14.1. The van der Waals surface area contributed by atoms with E-state index in [0.29, 0.717) is 57.6 Å². The fraction of sp³-hybridized carbons (Fsp3) is 0.729. The van der Waals surface area contributed by atoms with Crippen LogP contribution in [0.1, 0.15) is 99.3 Å². The number of benzene rings is 2. The lowest BCUT2D eigenvalue weighted by atomic mass is 9.54. The minimum atomic E-state index is -2.56. The fourth-order valence-electron chi connectivity index (χ4n) is 11.2.